The van der Waals surface area contributed by atoms with Gasteiger partial charge in [0.25, 0.3) is 11.8 Å². The van der Waals surface area contributed by atoms with Crippen molar-refractivity contribution in [3.05, 3.63) is 25.3 Å². The monoisotopic (exact) mass is 709 g/mol. The molecule has 50 heavy (non-hydrogen) atoms. The summed E-state index contributed by atoms with van der Waals surface area (Å²) >= 11 is 0. The summed E-state index contributed by atoms with van der Waals surface area (Å²) in [6, 6.07) is -1.61. The molecule has 284 valence electrons. The molecule has 0 unspecified atom stereocenters. The number of nitrogens with zero attached hydrogens (tertiary/aromatic N) is 1. The standard InChI is InChI=1S/C16H27NO4.C10H13NO5.C10H19NO2/c1-3-4-5-6-9-12(2)14(15(18)19)17-16(20)21-13-10-7-8-11-13;12-8-5-6-9(13)11(8)16-10(14)15-7-3-1-2-4-7;1-3-4-5-6-7-8(2)9(11)10(12)13/h3,12-14H,1,4-11H2,2H3,(H,17,20)(H,18,19);7H,1-6H2;3,8-9H,1,4-7,11H2,2H3,(H,12,13)/t12-,14+;;8-,9+/m1.1/s1. The van der Waals surface area contributed by atoms with Crippen LogP contribution >= 0.6 is 0 Å². The first-order valence-corrected chi connectivity index (χ1v) is 17.9. The maximum Gasteiger partial charge on any atom is 0.534 e. The normalized spacial score (nSPS) is 18.3. The van der Waals surface area contributed by atoms with Crippen LogP contribution in [0.4, 0.5) is 9.59 Å². The second-order valence-corrected chi connectivity index (χ2v) is 13.2. The number of nitrogens with one attached hydrogen (secondary N) is 1. The average Bonchev–Trinajstić information content (AvgIpc) is 3.85. The lowest BCUT2D eigenvalue weighted by Crippen LogP contribution is -2.46. The van der Waals surface area contributed by atoms with E-state index in [2.05, 4.69) is 23.3 Å². The lowest BCUT2D eigenvalue weighted by atomic mass is 9.95. The number of carboxylic acids is 2. The van der Waals surface area contributed by atoms with Gasteiger partial charge in [-0.3, -0.25) is 19.2 Å². The van der Waals surface area contributed by atoms with E-state index in [1.54, 1.807) is 0 Å². The summed E-state index contributed by atoms with van der Waals surface area (Å²) in [5.41, 5.74) is 5.46. The highest BCUT2D eigenvalue weighted by Crippen LogP contribution is 2.23. The van der Waals surface area contributed by atoms with Crippen molar-refractivity contribution in [1.29, 1.82) is 0 Å². The number of carbonyl (C=O) groups is 6. The molecule has 0 aromatic carbocycles. The van der Waals surface area contributed by atoms with Gasteiger partial charge in [-0.25, -0.2) is 14.4 Å². The maximum absolute atomic E-state index is 11.8. The number of carbonyl (C=O) groups excluding carboxylic acids is 4. The molecular formula is C36H59N3O11. The minimum atomic E-state index is -1.01. The van der Waals surface area contributed by atoms with Crippen LogP contribution in [0.3, 0.4) is 0 Å². The molecule has 3 fully saturated rings. The minimum absolute atomic E-state index is 0.0534. The van der Waals surface area contributed by atoms with Gasteiger partial charge < -0.3 is 30.7 Å². The summed E-state index contributed by atoms with van der Waals surface area (Å²) in [6.45, 7) is 11.0. The zero-order valence-electron chi connectivity index (χ0n) is 29.9. The number of nitrogens with two attached hydrogens (primary N) is 1. The maximum atomic E-state index is 11.8. The number of carboxylic acid groups (broad SMARTS) is 2. The van der Waals surface area contributed by atoms with Crippen LogP contribution in [-0.2, 0) is 33.5 Å². The van der Waals surface area contributed by atoms with E-state index in [1.165, 1.54) is 0 Å². The van der Waals surface area contributed by atoms with Gasteiger partial charge in [0.05, 0.1) is 0 Å². The Labute approximate surface area is 296 Å². The van der Waals surface area contributed by atoms with Gasteiger partial charge in [-0.05, 0) is 102 Å². The molecule has 2 saturated carbocycles. The van der Waals surface area contributed by atoms with E-state index in [0.29, 0.717) is 5.06 Å². The second-order valence-electron chi connectivity index (χ2n) is 13.2. The van der Waals surface area contributed by atoms with Gasteiger partial charge in [0.1, 0.15) is 24.3 Å². The summed E-state index contributed by atoms with van der Waals surface area (Å²) in [6.07, 6.45) is 17.3. The van der Waals surface area contributed by atoms with Crippen LogP contribution in [0.25, 0.3) is 0 Å². The van der Waals surface area contributed by atoms with E-state index >= 15 is 0 Å². The third-order valence-electron chi connectivity index (χ3n) is 8.95. The Morgan fingerprint density at radius 2 is 1.26 bits per heavy atom. The number of allylic oxidation sites excluding steroid dienone is 2. The Morgan fingerprint density at radius 1 is 0.800 bits per heavy atom. The largest absolute Gasteiger partial charge is 0.534 e. The molecule has 4 atom stereocenters. The van der Waals surface area contributed by atoms with Gasteiger partial charge in [-0.15, -0.1) is 13.2 Å². The number of amides is 3. The Morgan fingerprint density at radius 3 is 1.70 bits per heavy atom. The number of unbranched alkanes of at least 4 members (excludes halogenated alkanes) is 4. The molecule has 14 nitrogen and oxygen atoms in total. The highest BCUT2D eigenvalue weighted by molar-refractivity contribution is 6.01. The topological polar surface area (TPSA) is 212 Å². The van der Waals surface area contributed by atoms with Gasteiger partial charge in [0, 0.05) is 12.8 Å². The molecule has 1 saturated heterocycles. The van der Waals surface area contributed by atoms with Gasteiger partial charge in [-0.2, -0.15) is 0 Å². The highest BCUT2D eigenvalue weighted by Gasteiger charge is 2.34. The lowest BCUT2D eigenvalue weighted by Gasteiger charge is -2.22. The molecule has 0 aromatic rings. The lowest BCUT2D eigenvalue weighted by molar-refractivity contribution is -0.178. The molecule has 0 spiro atoms. The minimum Gasteiger partial charge on any atom is -0.480 e. The third-order valence-corrected chi connectivity index (χ3v) is 8.95. The summed E-state index contributed by atoms with van der Waals surface area (Å²) in [4.78, 5) is 71.7. The fraction of sp³-hybridized carbons (Fsp3) is 0.722. The number of alkyl carbamates (subject to hydrolysis) is 1. The first-order chi connectivity index (χ1) is 23.8. The quantitative estimate of drug-likeness (QED) is 0.0526. The fourth-order valence-corrected chi connectivity index (χ4v) is 5.76. The Kier molecular flexibility index (Phi) is 22.1. The van der Waals surface area contributed by atoms with Crippen LogP contribution in [0.2, 0.25) is 0 Å². The average molecular weight is 710 g/mol. The number of hydrogen-bond acceptors (Lipinski definition) is 10. The molecule has 3 aliphatic rings. The number of imide groups is 1. The van der Waals surface area contributed by atoms with Crippen molar-refractivity contribution >= 4 is 36.0 Å². The first kappa shape index (κ1) is 44.1. The van der Waals surface area contributed by atoms with Gasteiger partial charge >= 0.3 is 24.2 Å². The molecule has 1 aliphatic heterocycles. The van der Waals surface area contributed by atoms with Crippen molar-refractivity contribution in [2.75, 3.05) is 0 Å². The first-order valence-electron chi connectivity index (χ1n) is 17.9. The number of aliphatic carboxylic acids is 2. The number of rotatable bonds is 18. The Hall–Kier alpha value is -3.94. The third kappa shape index (κ3) is 18.2. The molecule has 5 N–H and O–H groups in total. The highest BCUT2D eigenvalue weighted by atomic mass is 16.8. The van der Waals surface area contributed by atoms with Gasteiger partial charge in [0.15, 0.2) is 0 Å². The van der Waals surface area contributed by atoms with E-state index < -0.39 is 48.1 Å². The van der Waals surface area contributed by atoms with E-state index in [9.17, 15) is 33.9 Å². The number of ether oxygens (including phenoxy) is 2. The molecule has 0 radical (unpaired) electrons. The van der Waals surface area contributed by atoms with E-state index in [-0.39, 0.29) is 36.9 Å². The summed E-state index contributed by atoms with van der Waals surface area (Å²) in [5, 5.41) is 20.9. The van der Waals surface area contributed by atoms with Crippen LogP contribution in [0.15, 0.2) is 25.3 Å². The summed E-state index contributed by atoms with van der Waals surface area (Å²) < 4.78 is 10.2. The smallest absolute Gasteiger partial charge is 0.480 e. The van der Waals surface area contributed by atoms with Crippen molar-refractivity contribution in [3.8, 4) is 0 Å². The molecule has 0 bridgehead atoms. The molecule has 2 aliphatic carbocycles. The fourth-order valence-electron chi connectivity index (χ4n) is 5.76. The predicted octanol–water partition coefficient (Wildman–Crippen LogP) is 6.42. The van der Waals surface area contributed by atoms with Crippen molar-refractivity contribution in [2.24, 2.45) is 17.6 Å². The van der Waals surface area contributed by atoms with Crippen molar-refractivity contribution in [2.45, 2.75) is 154 Å². The van der Waals surface area contributed by atoms with Gasteiger partial charge in [-0.1, -0.05) is 43.9 Å². The molecular weight excluding hydrogens is 650 g/mol. The van der Waals surface area contributed by atoms with E-state index in [1.807, 2.05) is 26.0 Å². The second kappa shape index (κ2) is 25.1. The zero-order valence-corrected chi connectivity index (χ0v) is 29.9. The molecule has 3 rings (SSSR count). The Balaban J connectivity index is 0.000000387. The van der Waals surface area contributed by atoms with Crippen LogP contribution in [0.1, 0.15) is 129 Å². The number of hydrogen-bond donors (Lipinski definition) is 4. The predicted molar refractivity (Wildman–Crippen MR) is 185 cm³/mol. The van der Waals surface area contributed by atoms with E-state index in [4.69, 9.17) is 20.3 Å². The van der Waals surface area contributed by atoms with Crippen LogP contribution < -0.4 is 11.1 Å². The molecule has 3 amide bonds. The summed E-state index contributed by atoms with van der Waals surface area (Å²) in [5.74, 6) is -2.96. The zero-order chi connectivity index (χ0) is 37.5. The van der Waals surface area contributed by atoms with Crippen molar-refractivity contribution < 1.29 is 53.3 Å². The van der Waals surface area contributed by atoms with Crippen LogP contribution in [-0.4, -0.2) is 75.6 Å². The van der Waals surface area contributed by atoms with Crippen LogP contribution in [0, 0.1) is 11.8 Å². The van der Waals surface area contributed by atoms with Crippen molar-refractivity contribution in [1.82, 2.24) is 10.4 Å². The van der Waals surface area contributed by atoms with Crippen molar-refractivity contribution in [3.63, 3.8) is 0 Å². The van der Waals surface area contributed by atoms with Gasteiger partial charge in [0.2, 0.25) is 0 Å². The SMILES string of the molecule is C=CCCCC[C@@H](C)[C@H](N)C(=O)O.C=CCCCC[C@@H](C)[C@H](NC(=O)OC1CCCC1)C(=O)O.O=C(OC1CCCC1)ON1C(=O)CCC1=O. The Bertz CT molecular complexity index is 1090. The van der Waals surface area contributed by atoms with E-state index in [0.717, 1.165) is 103 Å². The molecule has 14 heteroatoms. The molecule has 1 heterocycles. The number of hydroxylamine groups is 2. The summed E-state index contributed by atoms with van der Waals surface area (Å²) in [7, 11) is 0. The van der Waals surface area contributed by atoms with Crippen LogP contribution in [0.5, 0.6) is 0 Å². The molecule has 0 aromatic heterocycles.